The summed E-state index contributed by atoms with van der Waals surface area (Å²) in [6.45, 7) is 2.83. The third-order valence-electron chi connectivity index (χ3n) is 4.22. The van der Waals surface area contributed by atoms with E-state index < -0.39 is 0 Å². The molecule has 1 amide bonds. The number of aryl methyl sites for hydroxylation is 1. The van der Waals surface area contributed by atoms with E-state index in [4.69, 9.17) is 9.47 Å². The number of hydrogen-bond donors (Lipinski definition) is 2. The Morgan fingerprint density at radius 3 is 2.82 bits per heavy atom. The van der Waals surface area contributed by atoms with Crippen LogP contribution in [0.25, 0.3) is 11.4 Å². The van der Waals surface area contributed by atoms with Gasteiger partial charge in [-0.1, -0.05) is 53.7 Å². The predicted octanol–water partition coefficient (Wildman–Crippen LogP) is 2.83. The number of amides is 1. The molecule has 2 aromatic carbocycles. The van der Waals surface area contributed by atoms with Crippen molar-refractivity contribution in [3.63, 3.8) is 0 Å². The second kappa shape index (κ2) is 8.35. The summed E-state index contributed by atoms with van der Waals surface area (Å²) in [4.78, 5) is 16.6. The number of H-pyrrole nitrogens is 1. The average Bonchev–Trinajstić information content (AvgIpc) is 3.20. The van der Waals surface area contributed by atoms with E-state index >= 15 is 0 Å². The zero-order valence-corrected chi connectivity index (χ0v) is 16.2. The van der Waals surface area contributed by atoms with E-state index in [9.17, 15) is 4.79 Å². The minimum absolute atomic E-state index is 0.103. The smallest absolute Gasteiger partial charge is 0.230 e. The Balaban J connectivity index is 1.24. The standard InChI is InChI=1S/C20H20N4O3S/c1-13-6-8-14(9-7-13)19-22-20(24-23-19)28-12-18(25)21-10-15-11-26-16-4-2-3-5-17(16)27-15/h2-9,15H,10-12H2,1H3,(H,21,25)(H,22,23,24)/t15-/m1/s1. The molecule has 0 saturated heterocycles. The number of carbonyl (C=O) groups excluding carboxylic acids is 1. The molecule has 3 aromatic rings. The van der Waals surface area contributed by atoms with Gasteiger partial charge in [-0.2, -0.15) is 0 Å². The zero-order valence-electron chi connectivity index (χ0n) is 15.3. The SMILES string of the molecule is Cc1ccc(-c2nc(SCC(=O)NC[C@@H]3COc4ccccc4O3)n[nH]2)cc1. The number of hydrogen-bond acceptors (Lipinski definition) is 6. The Labute approximate surface area is 166 Å². The van der Waals surface area contributed by atoms with Crippen LogP contribution in [0, 0.1) is 6.92 Å². The van der Waals surface area contributed by atoms with Gasteiger partial charge in [0.05, 0.1) is 12.3 Å². The van der Waals surface area contributed by atoms with Crippen molar-refractivity contribution < 1.29 is 14.3 Å². The molecule has 1 atom stereocenters. The lowest BCUT2D eigenvalue weighted by molar-refractivity contribution is -0.119. The van der Waals surface area contributed by atoms with E-state index in [0.29, 0.717) is 29.9 Å². The number of aromatic amines is 1. The number of fused-ring (bicyclic) bond motifs is 1. The van der Waals surface area contributed by atoms with Crippen LogP contribution in [0.1, 0.15) is 5.56 Å². The van der Waals surface area contributed by atoms with Crippen LogP contribution in [0.3, 0.4) is 0 Å². The molecule has 0 aliphatic carbocycles. The number of aromatic nitrogens is 3. The van der Waals surface area contributed by atoms with Gasteiger partial charge >= 0.3 is 0 Å². The second-order valence-electron chi connectivity index (χ2n) is 6.42. The molecule has 7 nitrogen and oxygen atoms in total. The van der Waals surface area contributed by atoms with Gasteiger partial charge < -0.3 is 14.8 Å². The summed E-state index contributed by atoms with van der Waals surface area (Å²) in [6, 6.07) is 15.5. The normalized spacial score (nSPS) is 15.2. The molecule has 2 heterocycles. The molecule has 0 fully saturated rings. The highest BCUT2D eigenvalue weighted by Gasteiger charge is 2.21. The first-order valence-corrected chi connectivity index (χ1v) is 9.93. The zero-order chi connectivity index (χ0) is 19.3. The molecular formula is C20H20N4O3S. The number of nitrogens with one attached hydrogen (secondary N) is 2. The van der Waals surface area contributed by atoms with Gasteiger partial charge in [-0.15, -0.1) is 5.10 Å². The number of rotatable bonds is 6. The summed E-state index contributed by atoms with van der Waals surface area (Å²) in [5.74, 6) is 2.25. The van der Waals surface area contributed by atoms with Gasteiger partial charge in [0.1, 0.15) is 12.7 Å². The van der Waals surface area contributed by atoms with E-state index in [-0.39, 0.29) is 17.8 Å². The third kappa shape index (κ3) is 4.45. The fourth-order valence-electron chi connectivity index (χ4n) is 2.72. The van der Waals surface area contributed by atoms with Crippen LogP contribution < -0.4 is 14.8 Å². The monoisotopic (exact) mass is 396 g/mol. The Kier molecular flexibility index (Phi) is 5.48. The van der Waals surface area contributed by atoms with Crippen LogP contribution in [-0.4, -0.2) is 46.1 Å². The highest BCUT2D eigenvalue weighted by Crippen LogP contribution is 2.30. The molecule has 1 aliphatic heterocycles. The Bertz CT molecular complexity index is 958. The molecule has 4 rings (SSSR count). The van der Waals surface area contributed by atoms with Crippen molar-refractivity contribution in [1.82, 2.24) is 20.5 Å². The molecule has 0 unspecified atom stereocenters. The summed E-state index contributed by atoms with van der Waals surface area (Å²) in [5, 5.41) is 10.5. The molecule has 0 saturated carbocycles. The molecule has 2 N–H and O–H groups in total. The first-order chi connectivity index (χ1) is 13.7. The number of carbonyl (C=O) groups is 1. The van der Waals surface area contributed by atoms with E-state index in [1.165, 1.54) is 17.3 Å². The van der Waals surface area contributed by atoms with Crippen molar-refractivity contribution in [3.05, 3.63) is 54.1 Å². The van der Waals surface area contributed by atoms with Crippen molar-refractivity contribution in [2.45, 2.75) is 18.2 Å². The molecule has 1 aliphatic rings. The number of benzene rings is 2. The van der Waals surface area contributed by atoms with Crippen LogP contribution >= 0.6 is 11.8 Å². The first kappa shape index (κ1) is 18.4. The molecule has 144 valence electrons. The van der Waals surface area contributed by atoms with Crippen molar-refractivity contribution in [1.29, 1.82) is 0 Å². The second-order valence-corrected chi connectivity index (χ2v) is 7.37. The predicted molar refractivity (Wildman–Crippen MR) is 107 cm³/mol. The molecular weight excluding hydrogens is 376 g/mol. The fourth-order valence-corrected chi connectivity index (χ4v) is 3.35. The lowest BCUT2D eigenvalue weighted by atomic mass is 10.1. The average molecular weight is 396 g/mol. The van der Waals surface area contributed by atoms with Gasteiger partial charge in [0.2, 0.25) is 11.1 Å². The van der Waals surface area contributed by atoms with Crippen LogP contribution in [0.5, 0.6) is 11.5 Å². The number of para-hydroxylation sites is 2. The topological polar surface area (TPSA) is 89.1 Å². The molecule has 0 bridgehead atoms. The highest BCUT2D eigenvalue weighted by molar-refractivity contribution is 7.99. The molecule has 1 aromatic heterocycles. The Morgan fingerprint density at radius 1 is 1.21 bits per heavy atom. The Hall–Kier alpha value is -3.00. The third-order valence-corrected chi connectivity index (χ3v) is 5.06. The minimum atomic E-state index is -0.208. The van der Waals surface area contributed by atoms with E-state index in [1.807, 2.05) is 55.5 Å². The first-order valence-electron chi connectivity index (χ1n) is 8.95. The molecule has 8 heteroatoms. The van der Waals surface area contributed by atoms with E-state index in [0.717, 1.165) is 11.3 Å². The van der Waals surface area contributed by atoms with Gasteiger partial charge in [-0.3, -0.25) is 9.89 Å². The van der Waals surface area contributed by atoms with Crippen molar-refractivity contribution in [2.24, 2.45) is 0 Å². The maximum absolute atomic E-state index is 12.1. The molecule has 0 spiro atoms. The van der Waals surface area contributed by atoms with Gasteiger partial charge in [-0.25, -0.2) is 4.98 Å². The van der Waals surface area contributed by atoms with Gasteiger partial charge in [0.15, 0.2) is 17.3 Å². The summed E-state index contributed by atoms with van der Waals surface area (Å²) in [7, 11) is 0. The lowest BCUT2D eigenvalue weighted by Crippen LogP contribution is -2.41. The van der Waals surface area contributed by atoms with Gasteiger partial charge in [0, 0.05) is 5.56 Å². The van der Waals surface area contributed by atoms with E-state index in [2.05, 4.69) is 20.5 Å². The van der Waals surface area contributed by atoms with E-state index in [1.54, 1.807) is 0 Å². The largest absolute Gasteiger partial charge is 0.486 e. The highest BCUT2D eigenvalue weighted by atomic mass is 32.2. The Morgan fingerprint density at radius 2 is 2.00 bits per heavy atom. The fraction of sp³-hybridized carbons (Fsp3) is 0.250. The molecule has 0 radical (unpaired) electrons. The summed E-state index contributed by atoms with van der Waals surface area (Å²) < 4.78 is 11.5. The number of thioether (sulfide) groups is 1. The summed E-state index contributed by atoms with van der Waals surface area (Å²) in [6.07, 6.45) is -0.208. The van der Waals surface area contributed by atoms with Crippen molar-refractivity contribution in [2.75, 3.05) is 18.9 Å². The number of nitrogens with zero attached hydrogens (tertiary/aromatic N) is 2. The summed E-state index contributed by atoms with van der Waals surface area (Å²) >= 11 is 1.28. The van der Waals surface area contributed by atoms with Crippen LogP contribution in [0.2, 0.25) is 0 Å². The van der Waals surface area contributed by atoms with Gasteiger partial charge in [-0.05, 0) is 19.1 Å². The van der Waals surface area contributed by atoms with Crippen LogP contribution in [-0.2, 0) is 4.79 Å². The number of ether oxygens (including phenoxy) is 2. The van der Waals surface area contributed by atoms with Crippen LogP contribution in [0.4, 0.5) is 0 Å². The minimum Gasteiger partial charge on any atom is -0.486 e. The maximum atomic E-state index is 12.1. The maximum Gasteiger partial charge on any atom is 0.230 e. The van der Waals surface area contributed by atoms with Crippen molar-refractivity contribution >= 4 is 17.7 Å². The quantitative estimate of drug-likeness (QED) is 0.623. The van der Waals surface area contributed by atoms with Crippen molar-refractivity contribution in [3.8, 4) is 22.9 Å². The lowest BCUT2D eigenvalue weighted by Gasteiger charge is -2.26. The summed E-state index contributed by atoms with van der Waals surface area (Å²) in [5.41, 5.74) is 2.15. The molecule has 28 heavy (non-hydrogen) atoms. The van der Waals surface area contributed by atoms with Crippen LogP contribution in [0.15, 0.2) is 53.7 Å². The van der Waals surface area contributed by atoms with Gasteiger partial charge in [0.25, 0.3) is 0 Å².